The molecule has 0 radical (unpaired) electrons. The molecule has 2 aromatic carbocycles. The zero-order chi connectivity index (χ0) is 22.7. The minimum Gasteiger partial charge on any atom is -0.497 e. The Morgan fingerprint density at radius 1 is 0.939 bits per heavy atom. The van der Waals surface area contributed by atoms with E-state index in [9.17, 15) is 9.59 Å². The van der Waals surface area contributed by atoms with E-state index in [2.05, 4.69) is 0 Å². The van der Waals surface area contributed by atoms with Crippen LogP contribution in [0.5, 0.6) is 5.75 Å². The van der Waals surface area contributed by atoms with Gasteiger partial charge in [-0.2, -0.15) is 0 Å². The van der Waals surface area contributed by atoms with Gasteiger partial charge in [-0.05, 0) is 35.4 Å². The molecule has 0 N–H and O–H groups in total. The Bertz CT molecular complexity index is 1580. The molecular formula is C27H18N2O3S. The molecule has 0 spiro atoms. The van der Waals surface area contributed by atoms with Gasteiger partial charge in [-0.25, -0.2) is 4.98 Å². The average Bonchev–Trinajstić information content (AvgIpc) is 3.55. The van der Waals surface area contributed by atoms with Crippen LogP contribution in [-0.2, 0) is 0 Å². The van der Waals surface area contributed by atoms with Crippen LogP contribution in [0.25, 0.3) is 38.2 Å². The Balaban J connectivity index is 1.82. The second-order valence-electron chi connectivity index (χ2n) is 7.92. The quantitative estimate of drug-likeness (QED) is 0.301. The molecule has 33 heavy (non-hydrogen) atoms. The Kier molecular flexibility index (Phi) is 4.32. The first-order valence-corrected chi connectivity index (χ1v) is 11.3. The minimum absolute atomic E-state index is 0.0331. The lowest BCUT2D eigenvalue weighted by Gasteiger charge is -2.14. The minimum atomic E-state index is -0.0856. The van der Waals surface area contributed by atoms with Crippen molar-refractivity contribution >= 4 is 33.1 Å². The van der Waals surface area contributed by atoms with Gasteiger partial charge in [-0.15, -0.1) is 11.3 Å². The monoisotopic (exact) mass is 450 g/mol. The van der Waals surface area contributed by atoms with Gasteiger partial charge < -0.3 is 9.30 Å². The van der Waals surface area contributed by atoms with Crippen LogP contribution in [0.2, 0.25) is 0 Å². The zero-order valence-corrected chi connectivity index (χ0v) is 18.8. The second-order valence-corrected chi connectivity index (χ2v) is 8.92. The van der Waals surface area contributed by atoms with Crippen molar-refractivity contribution in [2.45, 2.75) is 6.92 Å². The number of carbonyl (C=O) groups excluding carboxylic acids is 2. The Morgan fingerprint density at radius 3 is 2.30 bits per heavy atom. The SMILES string of the molecule is COc1ccc(-c2c3c(nc4sc(C(C)=O)c(-n5cccc5)c24)C(=O)c2ccccc2-3)cc1. The molecule has 3 aromatic heterocycles. The number of thiophene rings is 1. The van der Waals surface area contributed by atoms with Crippen LogP contribution in [0.3, 0.4) is 0 Å². The first-order chi connectivity index (χ1) is 16.1. The number of hydrogen-bond donors (Lipinski definition) is 0. The number of nitrogens with zero attached hydrogens (tertiary/aromatic N) is 2. The first kappa shape index (κ1) is 19.6. The molecule has 6 rings (SSSR count). The number of pyridine rings is 1. The summed E-state index contributed by atoms with van der Waals surface area (Å²) >= 11 is 1.34. The fraction of sp³-hybridized carbons (Fsp3) is 0.0741. The molecule has 3 heterocycles. The summed E-state index contributed by atoms with van der Waals surface area (Å²) in [4.78, 5) is 32.1. The van der Waals surface area contributed by atoms with E-state index in [-0.39, 0.29) is 11.6 Å². The maximum absolute atomic E-state index is 13.3. The van der Waals surface area contributed by atoms with E-state index < -0.39 is 0 Å². The third-order valence-electron chi connectivity index (χ3n) is 6.03. The van der Waals surface area contributed by atoms with Gasteiger partial charge in [0, 0.05) is 41.4 Å². The van der Waals surface area contributed by atoms with Gasteiger partial charge in [0.05, 0.1) is 17.7 Å². The first-order valence-electron chi connectivity index (χ1n) is 10.5. The molecule has 0 atom stereocenters. The molecule has 5 aromatic rings. The van der Waals surface area contributed by atoms with Gasteiger partial charge in [0.1, 0.15) is 16.3 Å². The predicted octanol–water partition coefficient (Wildman–Crippen LogP) is 6.18. The summed E-state index contributed by atoms with van der Waals surface area (Å²) in [6, 6.07) is 19.3. The van der Waals surface area contributed by atoms with Crippen LogP contribution in [-0.4, -0.2) is 28.2 Å². The number of ketones is 2. The van der Waals surface area contributed by atoms with Gasteiger partial charge in [0.2, 0.25) is 5.78 Å². The highest BCUT2D eigenvalue weighted by Crippen LogP contribution is 2.49. The summed E-state index contributed by atoms with van der Waals surface area (Å²) in [6.45, 7) is 1.57. The smallest absolute Gasteiger partial charge is 0.212 e. The third kappa shape index (κ3) is 2.81. The highest BCUT2D eigenvalue weighted by molar-refractivity contribution is 7.21. The number of benzene rings is 2. The van der Waals surface area contributed by atoms with Crippen LogP contribution >= 0.6 is 11.3 Å². The van der Waals surface area contributed by atoms with Gasteiger partial charge >= 0.3 is 0 Å². The van der Waals surface area contributed by atoms with Crippen LogP contribution in [0.4, 0.5) is 0 Å². The number of hydrogen-bond acceptors (Lipinski definition) is 5. The van der Waals surface area contributed by atoms with E-state index in [4.69, 9.17) is 9.72 Å². The van der Waals surface area contributed by atoms with E-state index in [0.717, 1.165) is 39.1 Å². The van der Waals surface area contributed by atoms with Crippen molar-refractivity contribution in [1.29, 1.82) is 0 Å². The molecule has 5 nitrogen and oxygen atoms in total. The molecule has 0 bridgehead atoms. The van der Waals surface area contributed by atoms with Crippen molar-refractivity contribution < 1.29 is 14.3 Å². The van der Waals surface area contributed by atoms with Crippen LogP contribution in [0.1, 0.15) is 32.6 Å². The molecule has 0 unspecified atom stereocenters. The summed E-state index contributed by atoms with van der Waals surface area (Å²) < 4.78 is 7.32. The molecule has 6 heteroatoms. The summed E-state index contributed by atoms with van der Waals surface area (Å²) in [7, 11) is 1.63. The number of carbonyl (C=O) groups is 2. The predicted molar refractivity (Wildman–Crippen MR) is 130 cm³/mol. The van der Waals surface area contributed by atoms with Crippen molar-refractivity contribution in [1.82, 2.24) is 9.55 Å². The van der Waals surface area contributed by atoms with Crippen molar-refractivity contribution in [2.24, 2.45) is 0 Å². The molecule has 0 amide bonds. The Hall–Kier alpha value is -4.03. The number of aromatic nitrogens is 2. The summed E-state index contributed by atoms with van der Waals surface area (Å²) in [5, 5.41) is 0.870. The van der Waals surface area contributed by atoms with E-state index in [1.54, 1.807) is 14.0 Å². The lowest BCUT2D eigenvalue weighted by molar-refractivity contribution is 0.101. The Labute approximate surface area is 193 Å². The number of rotatable bonds is 4. The van der Waals surface area contributed by atoms with Crippen molar-refractivity contribution in [2.75, 3.05) is 7.11 Å². The third-order valence-corrected chi connectivity index (χ3v) is 7.21. The van der Waals surface area contributed by atoms with Crippen LogP contribution in [0, 0.1) is 0 Å². The molecule has 0 saturated heterocycles. The highest BCUT2D eigenvalue weighted by atomic mass is 32.1. The molecular weight excluding hydrogens is 432 g/mol. The number of Topliss-reactive ketones (excluding diaryl/α,β-unsaturated/α-hetero) is 1. The van der Waals surface area contributed by atoms with Gasteiger partial charge in [-0.3, -0.25) is 9.59 Å². The molecule has 0 saturated carbocycles. The van der Waals surface area contributed by atoms with Crippen LogP contribution in [0.15, 0.2) is 73.1 Å². The van der Waals surface area contributed by atoms with Gasteiger partial charge in [0.25, 0.3) is 0 Å². The molecule has 160 valence electrons. The number of fused-ring (bicyclic) bond motifs is 4. The Morgan fingerprint density at radius 2 is 1.64 bits per heavy atom. The van der Waals surface area contributed by atoms with Crippen LogP contribution < -0.4 is 4.74 Å². The normalized spacial score (nSPS) is 12.1. The lowest BCUT2D eigenvalue weighted by atomic mass is 9.93. The molecule has 1 aliphatic carbocycles. The van der Waals surface area contributed by atoms with E-state index >= 15 is 0 Å². The van der Waals surface area contributed by atoms with E-state index in [0.29, 0.717) is 21.0 Å². The van der Waals surface area contributed by atoms with Gasteiger partial charge in [0.15, 0.2) is 5.78 Å². The summed E-state index contributed by atoms with van der Waals surface area (Å²) in [6.07, 6.45) is 3.86. The lowest BCUT2D eigenvalue weighted by Crippen LogP contribution is -2.01. The average molecular weight is 451 g/mol. The van der Waals surface area contributed by atoms with Crippen molar-refractivity contribution in [3.63, 3.8) is 0 Å². The molecule has 0 aliphatic heterocycles. The fourth-order valence-corrected chi connectivity index (χ4v) is 5.66. The van der Waals surface area contributed by atoms with Crippen molar-refractivity contribution in [3.8, 4) is 33.7 Å². The zero-order valence-electron chi connectivity index (χ0n) is 18.0. The summed E-state index contributed by atoms with van der Waals surface area (Å²) in [5.74, 6) is 0.629. The standard InChI is InChI=1S/C27H18N2O3S/c1-15(30)26-24(29-13-5-6-14-29)22-20(16-9-11-17(32-2)12-10-16)21-18-7-3-4-8-19(18)25(31)23(21)28-27(22)33-26/h3-14H,1-2H3. The fourth-order valence-electron chi connectivity index (χ4n) is 4.58. The molecule has 1 aliphatic rings. The molecule has 0 fully saturated rings. The number of ether oxygens (including phenoxy) is 1. The maximum Gasteiger partial charge on any atom is 0.212 e. The van der Waals surface area contributed by atoms with E-state index in [1.165, 1.54) is 11.3 Å². The van der Waals surface area contributed by atoms with E-state index in [1.807, 2.05) is 77.6 Å². The second kappa shape index (κ2) is 7.25. The van der Waals surface area contributed by atoms with Gasteiger partial charge in [-0.1, -0.05) is 36.4 Å². The number of methoxy groups -OCH3 is 1. The highest BCUT2D eigenvalue weighted by Gasteiger charge is 2.34. The summed E-state index contributed by atoms with van der Waals surface area (Å²) in [5.41, 5.74) is 5.41. The van der Waals surface area contributed by atoms with Crippen molar-refractivity contribution in [3.05, 3.63) is 89.2 Å². The largest absolute Gasteiger partial charge is 0.497 e. The maximum atomic E-state index is 13.3. The topological polar surface area (TPSA) is 61.2 Å².